The monoisotopic (exact) mass is 839 g/mol. The Morgan fingerprint density at radius 1 is 0.344 bits per heavy atom. The van der Waals surface area contributed by atoms with E-state index in [2.05, 4.69) is 124 Å². The number of hydrogen-bond acceptors (Lipinski definition) is 6. The van der Waals surface area contributed by atoms with Gasteiger partial charge in [-0.2, -0.15) is 0 Å². The lowest BCUT2D eigenvalue weighted by Gasteiger charge is -2.18. The van der Waals surface area contributed by atoms with Gasteiger partial charge < -0.3 is 14.2 Å². The molecule has 0 saturated heterocycles. The van der Waals surface area contributed by atoms with Gasteiger partial charge in [-0.05, 0) is 96.3 Å². The Labute approximate surface area is 372 Å². The standard InChI is InChI=1S/C55H82O6/c1-4-7-10-13-16-19-22-25-26-27-28-31-33-36-39-42-45-48-54(57)60-51-52(61-55(58)49-46-43-40-37-34-30-24-21-18-15-12-9-6-3)50-59-53(56)47-44-41-38-35-32-29-23-20-17-14-11-8-5-2/h7-12,14-21,23-26,28,30-31,34,36,39,52H,4-6,13,22,27,29,32-33,35,37-38,40-51H2,1-3H3/b10-7+,11-8+,12-9+,17-14+,18-15+,19-16+,23-20+,24-21+,26-25+,31-28+,34-30+,39-36+. The average molecular weight is 839 g/mol. The highest BCUT2D eigenvalue weighted by Gasteiger charge is 2.19. The molecule has 0 rings (SSSR count). The van der Waals surface area contributed by atoms with Gasteiger partial charge in [0.05, 0.1) is 0 Å². The summed E-state index contributed by atoms with van der Waals surface area (Å²) in [6.07, 6.45) is 68.3. The fourth-order valence-corrected chi connectivity index (χ4v) is 5.54. The molecule has 0 N–H and O–H groups in total. The molecule has 0 aliphatic rings. The average Bonchev–Trinajstić information content (AvgIpc) is 3.26. The molecular formula is C55H82O6. The zero-order valence-corrected chi connectivity index (χ0v) is 38.4. The van der Waals surface area contributed by atoms with Crippen LogP contribution in [0.4, 0.5) is 0 Å². The van der Waals surface area contributed by atoms with Gasteiger partial charge in [-0.15, -0.1) is 0 Å². The maximum absolute atomic E-state index is 12.7. The molecule has 338 valence electrons. The number of carbonyl (C=O) groups is 3. The lowest BCUT2D eigenvalue weighted by molar-refractivity contribution is -0.167. The summed E-state index contributed by atoms with van der Waals surface area (Å²) < 4.78 is 16.6. The van der Waals surface area contributed by atoms with Gasteiger partial charge in [-0.3, -0.25) is 14.4 Å². The van der Waals surface area contributed by atoms with Gasteiger partial charge in [0.1, 0.15) is 13.2 Å². The van der Waals surface area contributed by atoms with Crippen molar-refractivity contribution in [3.8, 4) is 0 Å². The predicted octanol–water partition coefficient (Wildman–Crippen LogP) is 15.3. The molecule has 0 aliphatic carbocycles. The third-order valence-electron chi connectivity index (χ3n) is 8.98. The van der Waals surface area contributed by atoms with Crippen LogP contribution in [0.2, 0.25) is 0 Å². The van der Waals surface area contributed by atoms with E-state index in [9.17, 15) is 14.4 Å². The summed E-state index contributed by atoms with van der Waals surface area (Å²) in [5.41, 5.74) is 0. The van der Waals surface area contributed by atoms with Gasteiger partial charge in [0.25, 0.3) is 0 Å². The van der Waals surface area contributed by atoms with Crippen LogP contribution in [0.5, 0.6) is 0 Å². The van der Waals surface area contributed by atoms with Crippen LogP contribution < -0.4 is 0 Å². The minimum absolute atomic E-state index is 0.130. The number of hydrogen-bond donors (Lipinski definition) is 0. The first kappa shape index (κ1) is 56.3. The van der Waals surface area contributed by atoms with Crippen molar-refractivity contribution in [1.29, 1.82) is 0 Å². The Hall–Kier alpha value is -4.71. The van der Waals surface area contributed by atoms with Gasteiger partial charge in [-0.1, -0.05) is 192 Å². The molecule has 0 aromatic carbocycles. The number of esters is 3. The van der Waals surface area contributed by atoms with Crippen molar-refractivity contribution in [3.63, 3.8) is 0 Å². The third-order valence-corrected chi connectivity index (χ3v) is 8.98. The maximum Gasteiger partial charge on any atom is 0.306 e. The largest absolute Gasteiger partial charge is 0.462 e. The second kappa shape index (κ2) is 48.0. The first-order chi connectivity index (χ1) is 30.0. The summed E-state index contributed by atoms with van der Waals surface area (Å²) in [6.45, 7) is 6.10. The van der Waals surface area contributed by atoms with E-state index >= 15 is 0 Å². The summed E-state index contributed by atoms with van der Waals surface area (Å²) in [5, 5.41) is 0. The van der Waals surface area contributed by atoms with Crippen molar-refractivity contribution in [2.45, 2.75) is 168 Å². The van der Waals surface area contributed by atoms with Gasteiger partial charge in [0, 0.05) is 19.3 Å². The number of allylic oxidation sites excluding steroid dienone is 24. The molecular weight excluding hydrogens is 757 g/mol. The van der Waals surface area contributed by atoms with Crippen LogP contribution in [0.1, 0.15) is 162 Å². The van der Waals surface area contributed by atoms with E-state index in [0.29, 0.717) is 19.3 Å². The Balaban J connectivity index is 4.61. The van der Waals surface area contributed by atoms with Crippen LogP contribution in [0, 0.1) is 0 Å². The highest BCUT2D eigenvalue weighted by atomic mass is 16.6. The molecule has 0 aromatic rings. The van der Waals surface area contributed by atoms with Crippen LogP contribution in [0.15, 0.2) is 146 Å². The van der Waals surface area contributed by atoms with Crippen molar-refractivity contribution in [3.05, 3.63) is 146 Å². The molecule has 6 nitrogen and oxygen atoms in total. The molecule has 6 heteroatoms. The SMILES string of the molecule is CC/C=C/C=C/C=C/C=C/CCCCCC(=O)OC(COC(=O)CCC/C=C/C/C=C/C/C=C/C/C=C/C/C=C/CC)COC(=O)CCCCCCC/C=C/C=C/C=C/CC. The molecule has 0 saturated carbocycles. The smallest absolute Gasteiger partial charge is 0.306 e. The lowest BCUT2D eigenvalue weighted by atomic mass is 10.1. The Kier molecular flexibility index (Phi) is 44.3. The zero-order chi connectivity index (χ0) is 44.4. The first-order valence-corrected chi connectivity index (χ1v) is 23.4. The van der Waals surface area contributed by atoms with E-state index in [0.717, 1.165) is 109 Å². The van der Waals surface area contributed by atoms with Gasteiger partial charge in [0.2, 0.25) is 0 Å². The fraction of sp³-hybridized carbons (Fsp3) is 0.509. The molecule has 0 heterocycles. The van der Waals surface area contributed by atoms with E-state index < -0.39 is 6.10 Å². The Bertz CT molecular complexity index is 1430. The Morgan fingerprint density at radius 2 is 0.689 bits per heavy atom. The van der Waals surface area contributed by atoms with Gasteiger partial charge in [-0.25, -0.2) is 0 Å². The summed E-state index contributed by atoms with van der Waals surface area (Å²) in [5.74, 6) is -1.07. The zero-order valence-electron chi connectivity index (χ0n) is 38.4. The molecule has 0 radical (unpaired) electrons. The molecule has 1 unspecified atom stereocenters. The van der Waals surface area contributed by atoms with Gasteiger partial charge in [0.15, 0.2) is 6.10 Å². The Morgan fingerprint density at radius 3 is 1.18 bits per heavy atom. The predicted molar refractivity (Wildman–Crippen MR) is 260 cm³/mol. The van der Waals surface area contributed by atoms with Crippen LogP contribution in [0.25, 0.3) is 0 Å². The number of rotatable bonds is 39. The van der Waals surface area contributed by atoms with Crippen molar-refractivity contribution in [2.24, 2.45) is 0 Å². The van der Waals surface area contributed by atoms with Crippen molar-refractivity contribution in [2.75, 3.05) is 13.2 Å². The van der Waals surface area contributed by atoms with E-state index in [1.165, 1.54) is 0 Å². The summed E-state index contributed by atoms with van der Waals surface area (Å²) >= 11 is 0. The number of unbranched alkanes of at least 4 members (excludes halogenated alkanes) is 9. The molecule has 0 spiro atoms. The molecule has 61 heavy (non-hydrogen) atoms. The minimum Gasteiger partial charge on any atom is -0.462 e. The highest BCUT2D eigenvalue weighted by Crippen LogP contribution is 2.11. The van der Waals surface area contributed by atoms with E-state index in [-0.39, 0.29) is 44.0 Å². The summed E-state index contributed by atoms with van der Waals surface area (Å²) in [4.78, 5) is 37.8. The summed E-state index contributed by atoms with van der Waals surface area (Å²) in [6, 6.07) is 0. The van der Waals surface area contributed by atoms with Crippen LogP contribution in [-0.2, 0) is 28.6 Å². The van der Waals surface area contributed by atoms with E-state index in [4.69, 9.17) is 14.2 Å². The molecule has 0 aliphatic heterocycles. The van der Waals surface area contributed by atoms with Crippen LogP contribution >= 0.6 is 0 Å². The molecule has 0 aromatic heterocycles. The van der Waals surface area contributed by atoms with Crippen molar-refractivity contribution in [1.82, 2.24) is 0 Å². The fourth-order valence-electron chi connectivity index (χ4n) is 5.54. The maximum atomic E-state index is 12.7. The second-order valence-electron chi connectivity index (χ2n) is 14.7. The molecule has 0 bridgehead atoms. The van der Waals surface area contributed by atoms with Gasteiger partial charge >= 0.3 is 17.9 Å². The first-order valence-electron chi connectivity index (χ1n) is 23.4. The van der Waals surface area contributed by atoms with E-state index in [1.807, 2.05) is 42.5 Å². The van der Waals surface area contributed by atoms with Crippen LogP contribution in [0.3, 0.4) is 0 Å². The summed E-state index contributed by atoms with van der Waals surface area (Å²) in [7, 11) is 0. The van der Waals surface area contributed by atoms with Crippen LogP contribution in [-0.4, -0.2) is 37.2 Å². The number of carbonyl (C=O) groups excluding carboxylic acids is 3. The number of ether oxygens (including phenoxy) is 3. The third kappa shape index (κ3) is 46.2. The van der Waals surface area contributed by atoms with Crippen molar-refractivity contribution >= 4 is 17.9 Å². The van der Waals surface area contributed by atoms with E-state index in [1.54, 1.807) is 0 Å². The highest BCUT2D eigenvalue weighted by molar-refractivity contribution is 5.71. The topological polar surface area (TPSA) is 78.9 Å². The normalized spacial score (nSPS) is 13.4. The lowest BCUT2D eigenvalue weighted by Crippen LogP contribution is -2.30. The molecule has 0 amide bonds. The molecule has 0 fully saturated rings. The minimum atomic E-state index is -0.835. The quantitative estimate of drug-likeness (QED) is 0.0202. The van der Waals surface area contributed by atoms with Crippen molar-refractivity contribution < 1.29 is 28.6 Å². The molecule has 1 atom stereocenters. The second-order valence-corrected chi connectivity index (χ2v) is 14.7.